The summed E-state index contributed by atoms with van der Waals surface area (Å²) < 4.78 is 8.31. The van der Waals surface area contributed by atoms with Gasteiger partial charge < -0.3 is 9.84 Å². The number of halogens is 1. The third-order valence-electron chi connectivity index (χ3n) is 2.50. The van der Waals surface area contributed by atoms with E-state index in [-0.39, 0.29) is 5.56 Å². The van der Waals surface area contributed by atoms with Crippen molar-refractivity contribution in [3.05, 3.63) is 46.7 Å². The van der Waals surface area contributed by atoms with Crippen molar-refractivity contribution in [2.45, 2.75) is 13.0 Å². The first-order chi connectivity index (χ1) is 9.15. The van der Waals surface area contributed by atoms with Crippen LogP contribution in [0.3, 0.4) is 0 Å². The zero-order valence-electron chi connectivity index (χ0n) is 10.1. The molecule has 1 heterocycles. The second-order valence-corrected chi connectivity index (χ2v) is 4.87. The van der Waals surface area contributed by atoms with E-state index in [1.807, 2.05) is 10.9 Å². The Kier molecular flexibility index (Phi) is 4.57. The van der Waals surface area contributed by atoms with Crippen molar-refractivity contribution in [2.75, 3.05) is 6.61 Å². The topological polar surface area (TPSA) is 64.3 Å². The smallest absolute Gasteiger partial charge is 0.335 e. The fourth-order valence-electron chi connectivity index (χ4n) is 1.57. The van der Waals surface area contributed by atoms with Crippen LogP contribution in [0, 0.1) is 0 Å². The molecule has 1 aromatic heterocycles. The lowest BCUT2D eigenvalue weighted by Gasteiger charge is -2.06. The number of rotatable bonds is 6. The number of carbonyl (C=O) groups is 1. The molecule has 1 aromatic carbocycles. The number of aromatic carboxylic acids is 1. The van der Waals surface area contributed by atoms with Gasteiger partial charge >= 0.3 is 5.97 Å². The van der Waals surface area contributed by atoms with Gasteiger partial charge in [0.25, 0.3) is 0 Å². The zero-order valence-corrected chi connectivity index (χ0v) is 11.7. The minimum atomic E-state index is -0.934. The van der Waals surface area contributed by atoms with Gasteiger partial charge in [0, 0.05) is 19.2 Å². The maximum atomic E-state index is 10.7. The summed E-state index contributed by atoms with van der Waals surface area (Å²) in [5, 5.41) is 12.9. The highest BCUT2D eigenvalue weighted by Crippen LogP contribution is 2.12. The Morgan fingerprint density at radius 3 is 2.68 bits per heavy atom. The molecule has 0 fully saturated rings. The van der Waals surface area contributed by atoms with E-state index in [0.717, 1.165) is 17.4 Å². The molecule has 0 bridgehead atoms. The molecule has 100 valence electrons. The van der Waals surface area contributed by atoms with Crippen LogP contribution in [0.2, 0.25) is 0 Å². The van der Waals surface area contributed by atoms with Gasteiger partial charge in [0.05, 0.1) is 22.8 Å². The first kappa shape index (κ1) is 13.6. The van der Waals surface area contributed by atoms with Gasteiger partial charge in [-0.05, 0) is 40.2 Å². The van der Waals surface area contributed by atoms with Crippen molar-refractivity contribution < 1.29 is 14.6 Å². The second kappa shape index (κ2) is 6.38. The van der Waals surface area contributed by atoms with Crippen molar-refractivity contribution in [3.8, 4) is 5.75 Å². The van der Waals surface area contributed by atoms with E-state index in [1.54, 1.807) is 18.3 Å². The summed E-state index contributed by atoms with van der Waals surface area (Å²) in [5.74, 6) is -0.262. The quantitative estimate of drug-likeness (QED) is 0.830. The largest absolute Gasteiger partial charge is 0.494 e. The lowest BCUT2D eigenvalue weighted by Crippen LogP contribution is -2.05. The summed E-state index contributed by atoms with van der Waals surface area (Å²) in [5.41, 5.74) is 0.258. The van der Waals surface area contributed by atoms with E-state index in [9.17, 15) is 4.79 Å². The van der Waals surface area contributed by atoms with Gasteiger partial charge in [-0.1, -0.05) is 0 Å². The summed E-state index contributed by atoms with van der Waals surface area (Å²) in [6.45, 7) is 1.34. The predicted molar refractivity (Wildman–Crippen MR) is 73.4 cm³/mol. The van der Waals surface area contributed by atoms with Crippen LogP contribution in [0.1, 0.15) is 16.8 Å². The molecule has 2 aromatic rings. The van der Waals surface area contributed by atoms with Crippen LogP contribution in [-0.2, 0) is 6.54 Å². The Morgan fingerprint density at radius 1 is 1.37 bits per heavy atom. The van der Waals surface area contributed by atoms with E-state index < -0.39 is 5.97 Å². The maximum Gasteiger partial charge on any atom is 0.335 e. The van der Waals surface area contributed by atoms with Crippen LogP contribution in [-0.4, -0.2) is 27.5 Å². The molecular formula is C13H13BrN2O3. The monoisotopic (exact) mass is 324 g/mol. The second-order valence-electron chi connectivity index (χ2n) is 3.95. The van der Waals surface area contributed by atoms with Gasteiger partial charge in [0.2, 0.25) is 0 Å². The minimum absolute atomic E-state index is 0.258. The highest BCUT2D eigenvalue weighted by atomic mass is 79.9. The predicted octanol–water partition coefficient (Wildman–Crippen LogP) is 2.81. The minimum Gasteiger partial charge on any atom is -0.494 e. The Morgan fingerprint density at radius 2 is 2.11 bits per heavy atom. The van der Waals surface area contributed by atoms with Gasteiger partial charge in [-0.2, -0.15) is 5.10 Å². The van der Waals surface area contributed by atoms with Crippen molar-refractivity contribution in [1.82, 2.24) is 9.78 Å². The Hall–Kier alpha value is -1.82. The maximum absolute atomic E-state index is 10.7. The summed E-state index contributed by atoms with van der Waals surface area (Å²) in [6.07, 6.45) is 4.47. The average molecular weight is 325 g/mol. The van der Waals surface area contributed by atoms with E-state index in [0.29, 0.717) is 12.4 Å². The normalized spacial score (nSPS) is 10.4. The number of ether oxygens (including phenoxy) is 1. The molecular weight excluding hydrogens is 312 g/mol. The molecule has 0 aliphatic carbocycles. The van der Waals surface area contributed by atoms with Crippen LogP contribution in [0.5, 0.6) is 5.75 Å². The van der Waals surface area contributed by atoms with Crippen LogP contribution in [0.15, 0.2) is 41.1 Å². The fourth-order valence-corrected chi connectivity index (χ4v) is 1.90. The molecule has 2 rings (SSSR count). The molecule has 0 saturated heterocycles. The van der Waals surface area contributed by atoms with Crippen LogP contribution < -0.4 is 4.74 Å². The summed E-state index contributed by atoms with van der Waals surface area (Å²) in [7, 11) is 0. The molecule has 0 spiro atoms. The number of aryl methyl sites for hydroxylation is 1. The molecule has 19 heavy (non-hydrogen) atoms. The molecule has 0 aliphatic heterocycles. The Bertz CT molecular complexity index is 551. The van der Waals surface area contributed by atoms with Crippen molar-refractivity contribution in [1.29, 1.82) is 0 Å². The van der Waals surface area contributed by atoms with Crippen molar-refractivity contribution in [3.63, 3.8) is 0 Å². The van der Waals surface area contributed by atoms with Gasteiger partial charge in [-0.3, -0.25) is 4.68 Å². The van der Waals surface area contributed by atoms with Crippen LogP contribution in [0.25, 0.3) is 0 Å². The lowest BCUT2D eigenvalue weighted by atomic mass is 10.2. The molecule has 0 aliphatic rings. The number of nitrogens with zero attached hydrogens (tertiary/aromatic N) is 2. The number of hydrogen-bond acceptors (Lipinski definition) is 3. The molecule has 0 saturated carbocycles. The summed E-state index contributed by atoms with van der Waals surface area (Å²) in [6, 6.07) is 6.38. The molecule has 6 heteroatoms. The Balaban J connectivity index is 1.75. The molecule has 0 unspecified atom stereocenters. The molecule has 0 amide bonds. The number of carboxylic acids is 1. The van der Waals surface area contributed by atoms with Gasteiger partial charge in [-0.15, -0.1) is 0 Å². The standard InChI is InChI=1S/C13H13BrN2O3/c14-11-8-15-16(9-11)6-1-7-19-12-4-2-10(3-5-12)13(17)18/h2-5,8-9H,1,6-7H2,(H,17,18). The lowest BCUT2D eigenvalue weighted by molar-refractivity contribution is 0.0697. The molecule has 5 nitrogen and oxygen atoms in total. The number of benzene rings is 1. The first-order valence-corrected chi connectivity index (χ1v) is 6.58. The van der Waals surface area contributed by atoms with Gasteiger partial charge in [-0.25, -0.2) is 4.79 Å². The van der Waals surface area contributed by atoms with Gasteiger partial charge in [0.15, 0.2) is 0 Å². The summed E-state index contributed by atoms with van der Waals surface area (Å²) in [4.78, 5) is 10.7. The number of hydrogen-bond donors (Lipinski definition) is 1. The van der Waals surface area contributed by atoms with Crippen molar-refractivity contribution >= 4 is 21.9 Å². The Labute approximate surface area is 118 Å². The number of carboxylic acid groups (broad SMARTS) is 1. The van der Waals surface area contributed by atoms with E-state index in [1.165, 1.54) is 12.1 Å². The highest BCUT2D eigenvalue weighted by Gasteiger charge is 2.02. The molecule has 0 atom stereocenters. The van der Waals surface area contributed by atoms with Crippen LogP contribution >= 0.6 is 15.9 Å². The SMILES string of the molecule is O=C(O)c1ccc(OCCCn2cc(Br)cn2)cc1. The third kappa shape index (κ3) is 4.10. The summed E-state index contributed by atoms with van der Waals surface area (Å²) >= 11 is 3.33. The third-order valence-corrected chi connectivity index (χ3v) is 2.91. The molecule has 1 N–H and O–H groups in total. The number of aromatic nitrogens is 2. The van der Waals surface area contributed by atoms with Gasteiger partial charge in [0.1, 0.15) is 5.75 Å². The average Bonchev–Trinajstić information content (AvgIpc) is 2.81. The first-order valence-electron chi connectivity index (χ1n) is 5.79. The zero-order chi connectivity index (χ0) is 13.7. The van der Waals surface area contributed by atoms with E-state index in [4.69, 9.17) is 9.84 Å². The van der Waals surface area contributed by atoms with E-state index in [2.05, 4.69) is 21.0 Å². The fraction of sp³-hybridized carbons (Fsp3) is 0.231. The van der Waals surface area contributed by atoms with Crippen LogP contribution in [0.4, 0.5) is 0 Å². The van der Waals surface area contributed by atoms with E-state index >= 15 is 0 Å². The van der Waals surface area contributed by atoms with Crippen molar-refractivity contribution in [2.24, 2.45) is 0 Å². The highest BCUT2D eigenvalue weighted by molar-refractivity contribution is 9.10. The molecule has 0 radical (unpaired) electrons.